The van der Waals surface area contributed by atoms with Gasteiger partial charge in [0.25, 0.3) is 0 Å². The van der Waals surface area contributed by atoms with Gasteiger partial charge in [-0.1, -0.05) is 0 Å². The number of nitrogens with zero attached hydrogens (tertiary/aromatic N) is 3. The van der Waals surface area contributed by atoms with Gasteiger partial charge in [-0.25, -0.2) is 0 Å². The van der Waals surface area contributed by atoms with Crippen molar-refractivity contribution in [2.45, 2.75) is 49.9 Å². The number of carbonyl (C=O) groups is 3. The third kappa shape index (κ3) is 3.85. The third-order valence-corrected chi connectivity index (χ3v) is 9.22. The maximum Gasteiger partial charge on any atom is 0.230 e. The fraction of sp³-hybridized carbons (Fsp3) is 0.607. The van der Waals surface area contributed by atoms with E-state index in [9.17, 15) is 34.8 Å². The Bertz CT molecular complexity index is 1270. The summed E-state index contributed by atoms with van der Waals surface area (Å²) in [7, 11) is 7.01. The van der Waals surface area contributed by atoms with Crippen LogP contribution in [0, 0.1) is 17.8 Å². The summed E-state index contributed by atoms with van der Waals surface area (Å²) in [6, 6.07) is 0.995. The lowest BCUT2D eigenvalue weighted by Gasteiger charge is -2.53. The van der Waals surface area contributed by atoms with Crippen molar-refractivity contribution in [3.05, 3.63) is 22.8 Å². The number of phenolic OH excluding ortho intramolecular Hbond substituents is 1. The smallest absolute Gasteiger partial charge is 0.230 e. The number of fused-ring (bicyclic) bond motifs is 3. The molecular formula is C28H38N4O7. The first-order valence-corrected chi connectivity index (χ1v) is 13.5. The summed E-state index contributed by atoms with van der Waals surface area (Å²) in [6.07, 6.45) is 1.90. The Morgan fingerprint density at radius 1 is 1.10 bits per heavy atom. The molecule has 3 aliphatic carbocycles. The lowest BCUT2D eigenvalue weighted by atomic mass is 9.54. The predicted molar refractivity (Wildman–Crippen MR) is 144 cm³/mol. The SMILES string of the molecule is CN(C)c1cc(N2CCCCC2)c(O)c2c1C[C@H]1C[C@H]3[C@H](N(C)C)C(O)C(C(N)=O)C(=O)[C@@]3(O)C(=O)C1=C2O. The summed E-state index contributed by atoms with van der Waals surface area (Å²) in [5.41, 5.74) is 4.80. The zero-order chi connectivity index (χ0) is 28.5. The molecule has 6 N–H and O–H groups in total. The Morgan fingerprint density at radius 2 is 1.74 bits per heavy atom. The highest BCUT2D eigenvalue weighted by Crippen LogP contribution is 2.54. The number of likely N-dealkylation sites (N-methyl/N-ethyl adjacent to an activating group) is 1. The number of nitrogens with two attached hydrogens (primary N) is 1. The number of aromatic hydroxyl groups is 1. The number of piperidine rings is 1. The number of primary amides is 1. The fourth-order valence-electron chi connectivity index (χ4n) is 7.41. The Hall–Kier alpha value is -3.15. The van der Waals surface area contributed by atoms with E-state index in [2.05, 4.69) is 4.90 Å². The van der Waals surface area contributed by atoms with Crippen LogP contribution in [0.5, 0.6) is 5.75 Å². The minimum Gasteiger partial charge on any atom is -0.507 e. The summed E-state index contributed by atoms with van der Waals surface area (Å²) >= 11 is 0. The van der Waals surface area contributed by atoms with E-state index < -0.39 is 58.7 Å². The highest BCUT2D eigenvalue weighted by atomic mass is 16.3. The molecule has 3 fully saturated rings. The fourth-order valence-corrected chi connectivity index (χ4v) is 7.41. The Labute approximate surface area is 227 Å². The number of aliphatic hydroxyl groups is 3. The first kappa shape index (κ1) is 27.4. The zero-order valence-electron chi connectivity index (χ0n) is 22.8. The molecule has 6 atom stereocenters. The number of rotatable bonds is 4. The average Bonchev–Trinajstić information content (AvgIpc) is 2.86. The van der Waals surface area contributed by atoms with E-state index in [1.54, 1.807) is 19.0 Å². The van der Waals surface area contributed by atoms with Gasteiger partial charge in [-0.15, -0.1) is 0 Å². The number of Topliss-reactive ketones (excluding diaryl/α,β-unsaturated/α-hetero) is 2. The van der Waals surface area contributed by atoms with Gasteiger partial charge in [0.2, 0.25) is 11.7 Å². The normalized spacial score (nSPS) is 32.6. The predicted octanol–water partition coefficient (Wildman–Crippen LogP) is 0.185. The molecule has 11 nitrogen and oxygen atoms in total. The highest BCUT2D eigenvalue weighted by molar-refractivity contribution is 6.25. The maximum atomic E-state index is 14.1. The Kier molecular flexibility index (Phi) is 6.68. The van der Waals surface area contributed by atoms with Crippen LogP contribution in [0.1, 0.15) is 36.8 Å². The number of benzene rings is 1. The van der Waals surface area contributed by atoms with E-state index in [1.165, 1.54) is 0 Å². The molecule has 1 aliphatic heterocycles. The molecule has 2 saturated carbocycles. The summed E-state index contributed by atoms with van der Waals surface area (Å²) in [5.74, 6) is -7.29. The number of hydrogen-bond donors (Lipinski definition) is 5. The summed E-state index contributed by atoms with van der Waals surface area (Å²) in [6.45, 7) is 1.49. The number of anilines is 2. The van der Waals surface area contributed by atoms with E-state index >= 15 is 0 Å². The van der Waals surface area contributed by atoms with Gasteiger partial charge in [0, 0.05) is 50.4 Å². The molecule has 0 radical (unpaired) electrons. The molecule has 1 amide bonds. The van der Waals surface area contributed by atoms with Crippen LogP contribution in [0.15, 0.2) is 11.6 Å². The largest absolute Gasteiger partial charge is 0.507 e. The second kappa shape index (κ2) is 9.50. The van der Waals surface area contributed by atoms with Gasteiger partial charge in [0.15, 0.2) is 11.4 Å². The standard InChI is InChI=1S/C28H38N4O7/c1-30(2)16-12-17(32-8-6-5-7-9-32)22(33)19-14(16)10-13-11-15-21(31(3)4)24(35)20(27(29)38)26(37)28(15,39)25(36)18(13)23(19)34/h12-13,15,20-21,24,33-35,39H,5-11H2,1-4H3,(H2,29,38)/t13-,15-,20?,21-,24?,28-/m0/s1. The Morgan fingerprint density at radius 3 is 2.31 bits per heavy atom. The third-order valence-electron chi connectivity index (χ3n) is 9.22. The topological polar surface area (TPSA) is 168 Å². The van der Waals surface area contributed by atoms with Crippen molar-refractivity contribution >= 4 is 34.6 Å². The van der Waals surface area contributed by atoms with Crippen molar-refractivity contribution in [3.63, 3.8) is 0 Å². The number of hydrogen-bond acceptors (Lipinski definition) is 10. The second-order valence-electron chi connectivity index (χ2n) is 11.8. The number of aliphatic hydroxyl groups excluding tert-OH is 2. The van der Waals surface area contributed by atoms with Crippen LogP contribution in [0.2, 0.25) is 0 Å². The molecule has 4 aliphatic rings. The lowest BCUT2D eigenvalue weighted by molar-refractivity contribution is -0.184. The van der Waals surface area contributed by atoms with Crippen molar-refractivity contribution in [3.8, 4) is 5.75 Å². The molecular weight excluding hydrogens is 504 g/mol. The summed E-state index contributed by atoms with van der Waals surface area (Å²) in [5, 5.41) is 45.9. The van der Waals surface area contributed by atoms with Gasteiger partial charge < -0.3 is 40.9 Å². The quantitative estimate of drug-likeness (QED) is 0.331. The average molecular weight is 543 g/mol. The molecule has 11 heteroatoms. The van der Waals surface area contributed by atoms with Crippen LogP contribution in [0.3, 0.4) is 0 Å². The van der Waals surface area contributed by atoms with Crippen LogP contribution in [-0.4, -0.2) is 102 Å². The minimum atomic E-state index is -2.66. The van der Waals surface area contributed by atoms with Crippen molar-refractivity contribution in [1.29, 1.82) is 0 Å². The minimum absolute atomic E-state index is 0.0969. The molecule has 1 heterocycles. The first-order valence-electron chi connectivity index (χ1n) is 13.5. The number of amides is 1. The van der Waals surface area contributed by atoms with Crippen molar-refractivity contribution in [2.24, 2.45) is 23.5 Å². The number of carbonyl (C=O) groups excluding carboxylic acids is 3. The van der Waals surface area contributed by atoms with Crippen LogP contribution in [0.4, 0.5) is 11.4 Å². The molecule has 1 saturated heterocycles. The molecule has 1 aromatic rings. The van der Waals surface area contributed by atoms with Crippen molar-refractivity contribution in [1.82, 2.24) is 4.90 Å². The lowest BCUT2D eigenvalue weighted by Crippen LogP contribution is -2.73. The van der Waals surface area contributed by atoms with Gasteiger partial charge in [-0.05, 0) is 63.7 Å². The van der Waals surface area contributed by atoms with Gasteiger partial charge in [-0.2, -0.15) is 0 Å². The van der Waals surface area contributed by atoms with Gasteiger partial charge >= 0.3 is 0 Å². The van der Waals surface area contributed by atoms with Crippen LogP contribution in [0.25, 0.3) is 5.76 Å². The van der Waals surface area contributed by atoms with Gasteiger partial charge in [-0.3, -0.25) is 14.4 Å². The maximum absolute atomic E-state index is 14.1. The van der Waals surface area contributed by atoms with E-state index in [-0.39, 0.29) is 29.7 Å². The molecule has 212 valence electrons. The van der Waals surface area contributed by atoms with E-state index in [0.29, 0.717) is 11.3 Å². The number of phenols is 1. The van der Waals surface area contributed by atoms with E-state index in [0.717, 1.165) is 38.0 Å². The second-order valence-corrected chi connectivity index (χ2v) is 11.8. The molecule has 5 rings (SSSR count). The summed E-state index contributed by atoms with van der Waals surface area (Å²) in [4.78, 5) is 45.3. The van der Waals surface area contributed by atoms with E-state index in [1.807, 2.05) is 25.1 Å². The summed E-state index contributed by atoms with van der Waals surface area (Å²) < 4.78 is 0. The Balaban J connectivity index is 1.70. The monoisotopic (exact) mass is 542 g/mol. The zero-order valence-corrected chi connectivity index (χ0v) is 22.8. The first-order chi connectivity index (χ1) is 18.3. The van der Waals surface area contributed by atoms with Crippen LogP contribution < -0.4 is 15.5 Å². The molecule has 0 aromatic heterocycles. The number of ketones is 2. The molecule has 39 heavy (non-hydrogen) atoms. The molecule has 2 unspecified atom stereocenters. The molecule has 0 bridgehead atoms. The molecule has 1 aromatic carbocycles. The molecule has 0 spiro atoms. The van der Waals surface area contributed by atoms with Crippen molar-refractivity contribution in [2.75, 3.05) is 51.1 Å². The van der Waals surface area contributed by atoms with Crippen LogP contribution in [-0.2, 0) is 20.8 Å². The van der Waals surface area contributed by atoms with Crippen molar-refractivity contribution < 1.29 is 34.8 Å². The van der Waals surface area contributed by atoms with E-state index in [4.69, 9.17) is 5.73 Å². The van der Waals surface area contributed by atoms with Gasteiger partial charge in [0.05, 0.1) is 17.4 Å². The van der Waals surface area contributed by atoms with Gasteiger partial charge in [0.1, 0.15) is 17.4 Å². The highest BCUT2D eigenvalue weighted by Gasteiger charge is 2.67. The van der Waals surface area contributed by atoms with Crippen LogP contribution >= 0.6 is 0 Å².